The van der Waals surface area contributed by atoms with Gasteiger partial charge in [0.15, 0.2) is 11.5 Å². The molecule has 0 saturated heterocycles. The maximum Gasteiger partial charge on any atom is 0.319 e. The zero-order valence-electron chi connectivity index (χ0n) is 17.7. The van der Waals surface area contributed by atoms with Crippen molar-refractivity contribution >= 4 is 11.7 Å². The summed E-state index contributed by atoms with van der Waals surface area (Å²) in [5, 5.41) is 5.59. The molecule has 0 unspecified atom stereocenters. The molecule has 0 spiro atoms. The SMILES string of the molecule is COc1cc(NC(=O)NCc2cccc(OCc3ccccn3)c2)cc(OC)c1OC. The zero-order valence-corrected chi connectivity index (χ0v) is 17.7. The van der Waals surface area contributed by atoms with Gasteiger partial charge in [0.1, 0.15) is 12.4 Å². The van der Waals surface area contributed by atoms with Gasteiger partial charge in [-0.25, -0.2) is 4.79 Å². The summed E-state index contributed by atoms with van der Waals surface area (Å²) in [7, 11) is 4.56. The lowest BCUT2D eigenvalue weighted by molar-refractivity contribution is 0.251. The van der Waals surface area contributed by atoms with Gasteiger partial charge in [0.2, 0.25) is 5.75 Å². The Morgan fingerprint density at radius 2 is 1.71 bits per heavy atom. The number of hydrogen-bond acceptors (Lipinski definition) is 6. The molecule has 0 radical (unpaired) electrons. The second-order valence-corrected chi connectivity index (χ2v) is 6.48. The van der Waals surface area contributed by atoms with Crippen molar-refractivity contribution in [2.45, 2.75) is 13.2 Å². The Morgan fingerprint density at radius 3 is 2.35 bits per heavy atom. The van der Waals surface area contributed by atoms with Gasteiger partial charge in [0, 0.05) is 24.9 Å². The molecule has 3 aromatic rings. The lowest BCUT2D eigenvalue weighted by atomic mass is 10.2. The number of amides is 2. The first-order valence-corrected chi connectivity index (χ1v) is 9.59. The maximum atomic E-state index is 12.4. The van der Waals surface area contributed by atoms with Crippen molar-refractivity contribution in [2.24, 2.45) is 0 Å². The molecule has 1 aromatic heterocycles. The third-order valence-electron chi connectivity index (χ3n) is 4.39. The van der Waals surface area contributed by atoms with Crippen LogP contribution in [-0.4, -0.2) is 32.3 Å². The first-order chi connectivity index (χ1) is 15.1. The molecular weight excluding hydrogens is 398 g/mol. The van der Waals surface area contributed by atoms with Crippen LogP contribution < -0.4 is 29.6 Å². The molecule has 0 aliphatic rings. The molecule has 0 aliphatic carbocycles. The smallest absolute Gasteiger partial charge is 0.319 e. The number of benzene rings is 2. The third kappa shape index (κ3) is 6.02. The number of pyridine rings is 1. The van der Waals surface area contributed by atoms with Crippen molar-refractivity contribution in [3.63, 3.8) is 0 Å². The number of carbonyl (C=O) groups is 1. The van der Waals surface area contributed by atoms with Crippen LogP contribution in [0.25, 0.3) is 0 Å². The van der Waals surface area contributed by atoms with Crippen molar-refractivity contribution in [3.8, 4) is 23.0 Å². The van der Waals surface area contributed by atoms with Crippen LogP contribution >= 0.6 is 0 Å². The van der Waals surface area contributed by atoms with Gasteiger partial charge in [-0.3, -0.25) is 4.98 Å². The topological polar surface area (TPSA) is 90.9 Å². The van der Waals surface area contributed by atoms with Crippen molar-refractivity contribution in [3.05, 3.63) is 72.1 Å². The monoisotopic (exact) mass is 423 g/mol. The highest BCUT2D eigenvalue weighted by Gasteiger charge is 2.14. The van der Waals surface area contributed by atoms with Gasteiger partial charge in [0.25, 0.3) is 0 Å². The minimum absolute atomic E-state index is 0.330. The molecule has 3 rings (SSSR count). The van der Waals surface area contributed by atoms with Crippen LogP contribution in [-0.2, 0) is 13.2 Å². The summed E-state index contributed by atoms with van der Waals surface area (Å²) in [6.07, 6.45) is 1.73. The number of methoxy groups -OCH3 is 3. The Hall–Kier alpha value is -3.94. The summed E-state index contributed by atoms with van der Waals surface area (Å²) in [5.41, 5.74) is 2.26. The Labute approximate surface area is 181 Å². The number of carbonyl (C=O) groups excluding carboxylic acids is 1. The first kappa shape index (κ1) is 21.8. The van der Waals surface area contributed by atoms with Gasteiger partial charge in [-0.15, -0.1) is 0 Å². The van der Waals surface area contributed by atoms with Crippen molar-refractivity contribution in [2.75, 3.05) is 26.6 Å². The lowest BCUT2D eigenvalue weighted by Gasteiger charge is -2.15. The number of ether oxygens (including phenoxy) is 4. The minimum atomic E-state index is -0.367. The van der Waals surface area contributed by atoms with E-state index in [9.17, 15) is 4.79 Å². The fourth-order valence-electron chi connectivity index (χ4n) is 2.90. The molecule has 2 amide bonds. The third-order valence-corrected chi connectivity index (χ3v) is 4.39. The molecule has 0 fully saturated rings. The Kier molecular flexibility index (Phi) is 7.53. The Balaban J connectivity index is 1.57. The summed E-state index contributed by atoms with van der Waals surface area (Å²) in [4.78, 5) is 16.6. The predicted octanol–water partition coefficient (Wildman–Crippen LogP) is 4.01. The summed E-state index contributed by atoms with van der Waals surface area (Å²) in [5.74, 6) is 2.07. The van der Waals surface area contributed by atoms with E-state index in [2.05, 4.69) is 15.6 Å². The molecule has 2 aromatic carbocycles. The van der Waals surface area contributed by atoms with Crippen LogP contribution in [0.3, 0.4) is 0 Å². The largest absolute Gasteiger partial charge is 0.493 e. The van der Waals surface area contributed by atoms with E-state index < -0.39 is 0 Å². The number of nitrogens with one attached hydrogen (secondary N) is 2. The number of nitrogens with zero attached hydrogens (tertiary/aromatic N) is 1. The van der Waals surface area contributed by atoms with E-state index in [-0.39, 0.29) is 6.03 Å². The predicted molar refractivity (Wildman–Crippen MR) is 117 cm³/mol. The molecule has 1 heterocycles. The van der Waals surface area contributed by atoms with E-state index in [4.69, 9.17) is 18.9 Å². The molecule has 2 N–H and O–H groups in total. The Bertz CT molecular complexity index is 986. The van der Waals surface area contributed by atoms with Crippen LogP contribution in [0.1, 0.15) is 11.3 Å². The molecule has 0 atom stereocenters. The molecular formula is C23H25N3O5. The van der Waals surface area contributed by atoms with Crippen molar-refractivity contribution in [1.29, 1.82) is 0 Å². The van der Waals surface area contributed by atoms with Gasteiger partial charge < -0.3 is 29.6 Å². The summed E-state index contributed by atoms with van der Waals surface area (Å²) < 4.78 is 21.7. The molecule has 0 saturated carbocycles. The van der Waals surface area contributed by atoms with E-state index >= 15 is 0 Å². The average molecular weight is 423 g/mol. The van der Waals surface area contributed by atoms with Crippen LogP contribution in [0, 0.1) is 0 Å². The van der Waals surface area contributed by atoms with Crippen LogP contribution in [0.2, 0.25) is 0 Å². The Morgan fingerprint density at radius 1 is 0.935 bits per heavy atom. The van der Waals surface area contributed by atoms with Crippen LogP contribution in [0.4, 0.5) is 10.5 Å². The molecule has 31 heavy (non-hydrogen) atoms. The summed E-state index contributed by atoms with van der Waals surface area (Å²) in [6, 6.07) is 16.2. The standard InChI is InChI=1S/C23H25N3O5/c1-28-20-12-18(13-21(29-2)22(20)30-3)26-23(27)25-14-16-7-6-9-19(11-16)31-15-17-8-4-5-10-24-17/h4-13H,14-15H2,1-3H3,(H2,25,26,27). The zero-order chi connectivity index (χ0) is 22.1. The summed E-state index contributed by atoms with van der Waals surface area (Å²) in [6.45, 7) is 0.705. The number of anilines is 1. The fraction of sp³-hybridized carbons (Fsp3) is 0.217. The lowest BCUT2D eigenvalue weighted by Crippen LogP contribution is -2.28. The van der Waals surface area contributed by atoms with Crippen molar-refractivity contribution < 1.29 is 23.7 Å². The highest BCUT2D eigenvalue weighted by atomic mass is 16.5. The van der Waals surface area contributed by atoms with E-state index in [0.29, 0.717) is 41.8 Å². The van der Waals surface area contributed by atoms with Gasteiger partial charge in [-0.1, -0.05) is 18.2 Å². The molecule has 8 heteroatoms. The fourth-order valence-corrected chi connectivity index (χ4v) is 2.90. The van der Waals surface area contributed by atoms with Gasteiger partial charge in [-0.2, -0.15) is 0 Å². The normalized spacial score (nSPS) is 10.2. The number of rotatable bonds is 9. The second-order valence-electron chi connectivity index (χ2n) is 6.48. The highest BCUT2D eigenvalue weighted by molar-refractivity contribution is 5.90. The van der Waals surface area contributed by atoms with Gasteiger partial charge >= 0.3 is 6.03 Å². The first-order valence-electron chi connectivity index (χ1n) is 9.59. The molecule has 8 nitrogen and oxygen atoms in total. The molecule has 162 valence electrons. The second kappa shape index (κ2) is 10.7. The van der Waals surface area contributed by atoms with Gasteiger partial charge in [0.05, 0.1) is 32.7 Å². The number of hydrogen-bond donors (Lipinski definition) is 2. The van der Waals surface area contributed by atoms with Crippen LogP contribution in [0.5, 0.6) is 23.0 Å². The quantitative estimate of drug-likeness (QED) is 0.540. The number of aromatic nitrogens is 1. The van der Waals surface area contributed by atoms with E-state index in [0.717, 1.165) is 11.3 Å². The summed E-state index contributed by atoms with van der Waals surface area (Å²) >= 11 is 0. The van der Waals surface area contributed by atoms with E-state index in [1.165, 1.54) is 21.3 Å². The highest BCUT2D eigenvalue weighted by Crippen LogP contribution is 2.39. The van der Waals surface area contributed by atoms with Crippen LogP contribution in [0.15, 0.2) is 60.8 Å². The maximum absolute atomic E-state index is 12.4. The average Bonchev–Trinajstić information content (AvgIpc) is 2.81. The van der Waals surface area contributed by atoms with E-state index in [1.807, 2.05) is 42.5 Å². The number of urea groups is 1. The van der Waals surface area contributed by atoms with Gasteiger partial charge in [-0.05, 0) is 29.8 Å². The van der Waals surface area contributed by atoms with E-state index in [1.54, 1.807) is 18.3 Å². The molecule has 0 aliphatic heterocycles. The molecule has 0 bridgehead atoms. The minimum Gasteiger partial charge on any atom is -0.493 e. The van der Waals surface area contributed by atoms with Crippen molar-refractivity contribution in [1.82, 2.24) is 10.3 Å².